The second kappa shape index (κ2) is 10.0. The normalized spacial score (nSPS) is 19.2. The van der Waals surface area contributed by atoms with Gasteiger partial charge in [-0.2, -0.15) is 23.5 Å². The van der Waals surface area contributed by atoms with Gasteiger partial charge in [-0.15, -0.1) is 11.3 Å². The average molecular weight is 524 g/mol. The van der Waals surface area contributed by atoms with Crippen molar-refractivity contribution < 1.29 is 18.0 Å². The summed E-state index contributed by atoms with van der Waals surface area (Å²) in [5, 5.41) is 16.6. The van der Waals surface area contributed by atoms with Crippen LogP contribution in [0.4, 0.5) is 13.2 Å². The molecule has 1 aromatic carbocycles. The van der Waals surface area contributed by atoms with Crippen LogP contribution >= 0.6 is 11.3 Å². The van der Waals surface area contributed by atoms with Gasteiger partial charge in [-0.25, -0.2) is 0 Å². The number of nitrogens with one attached hydrogen (secondary N) is 1. The third-order valence-corrected chi connectivity index (χ3v) is 7.79. The van der Waals surface area contributed by atoms with E-state index < -0.39 is 17.8 Å². The van der Waals surface area contributed by atoms with Crippen LogP contribution in [-0.2, 0) is 24.1 Å². The standard InChI is InChI=1S/C27H24F3N5OS/c1-2-35-15-23(26(33-35)27(28,29)30)20-8-4-3-7-19(20)22-14-34(16-24-21(22)12-18(13-31)37-24)25(36)10-9-17-6-5-11-32-17/h3-4,7-8,12,15,17,22,32H,2,5-6,11,14,16H2,1H3/t17?,22-/m0/s1. The van der Waals surface area contributed by atoms with Crippen LogP contribution in [0.1, 0.15) is 52.3 Å². The fourth-order valence-electron chi connectivity index (χ4n) is 4.97. The minimum atomic E-state index is -4.62. The predicted octanol–water partition coefficient (Wildman–Crippen LogP) is 4.75. The first-order valence-electron chi connectivity index (χ1n) is 12.1. The molecule has 37 heavy (non-hydrogen) atoms. The molecule has 0 radical (unpaired) electrons. The van der Waals surface area contributed by atoms with Crippen LogP contribution in [-0.4, -0.2) is 39.7 Å². The zero-order valence-corrected chi connectivity index (χ0v) is 20.9. The van der Waals surface area contributed by atoms with Crippen LogP contribution in [0.15, 0.2) is 36.5 Å². The lowest BCUT2D eigenvalue weighted by Gasteiger charge is -2.33. The molecule has 0 bridgehead atoms. The van der Waals surface area contributed by atoms with Crippen molar-refractivity contribution in [1.29, 1.82) is 5.26 Å². The summed E-state index contributed by atoms with van der Waals surface area (Å²) >= 11 is 1.30. The first-order valence-corrected chi connectivity index (χ1v) is 12.9. The topological polar surface area (TPSA) is 74.0 Å². The zero-order chi connectivity index (χ0) is 26.2. The number of halogens is 3. The van der Waals surface area contributed by atoms with E-state index in [2.05, 4.69) is 28.3 Å². The van der Waals surface area contributed by atoms with Gasteiger partial charge in [-0.05, 0) is 55.0 Å². The van der Waals surface area contributed by atoms with Gasteiger partial charge < -0.3 is 10.2 Å². The Morgan fingerprint density at radius 1 is 1.27 bits per heavy atom. The summed E-state index contributed by atoms with van der Waals surface area (Å²) in [7, 11) is 0. The number of aryl methyl sites for hydroxylation is 1. The molecule has 0 aliphatic carbocycles. The van der Waals surface area contributed by atoms with Gasteiger partial charge >= 0.3 is 6.18 Å². The number of alkyl halides is 3. The SMILES string of the molecule is CCn1cc(-c2ccccc2[C@@H]2CN(C(=O)C#CC3CCCN3)Cc3sc(C#N)cc32)c(C(F)(F)F)n1. The van der Waals surface area contributed by atoms with E-state index in [9.17, 15) is 23.2 Å². The number of nitrogens with zero attached hydrogens (tertiary/aromatic N) is 4. The van der Waals surface area contributed by atoms with Crippen molar-refractivity contribution in [2.45, 2.75) is 51.0 Å². The number of hydrogen-bond acceptors (Lipinski definition) is 5. The second-order valence-electron chi connectivity index (χ2n) is 9.09. The van der Waals surface area contributed by atoms with E-state index in [1.54, 1.807) is 42.2 Å². The number of nitriles is 1. The molecule has 1 N–H and O–H groups in total. The summed E-state index contributed by atoms with van der Waals surface area (Å²) in [4.78, 5) is 16.1. The molecule has 0 saturated carbocycles. The van der Waals surface area contributed by atoms with Crippen molar-refractivity contribution in [3.05, 3.63) is 63.1 Å². The Morgan fingerprint density at radius 2 is 2.08 bits per heavy atom. The van der Waals surface area contributed by atoms with E-state index in [0.29, 0.717) is 29.1 Å². The van der Waals surface area contributed by atoms with E-state index >= 15 is 0 Å². The Balaban J connectivity index is 1.58. The van der Waals surface area contributed by atoms with E-state index in [0.717, 1.165) is 29.8 Å². The third-order valence-electron chi connectivity index (χ3n) is 6.75. The van der Waals surface area contributed by atoms with Crippen molar-refractivity contribution in [3.63, 3.8) is 0 Å². The first kappa shape index (κ1) is 25.1. The van der Waals surface area contributed by atoms with Crippen LogP contribution < -0.4 is 5.32 Å². The Kier molecular flexibility index (Phi) is 6.80. The molecule has 4 heterocycles. The number of aromatic nitrogens is 2. The van der Waals surface area contributed by atoms with Gasteiger partial charge in [0.05, 0.1) is 12.6 Å². The number of amides is 1. The maximum absolute atomic E-state index is 13.9. The molecule has 1 unspecified atom stereocenters. The fraction of sp³-hybridized carbons (Fsp3) is 0.370. The quantitative estimate of drug-likeness (QED) is 0.503. The lowest BCUT2D eigenvalue weighted by Crippen LogP contribution is -2.37. The molecule has 1 amide bonds. The molecule has 10 heteroatoms. The number of carbonyl (C=O) groups is 1. The molecule has 190 valence electrons. The van der Waals surface area contributed by atoms with E-state index in [4.69, 9.17) is 0 Å². The van der Waals surface area contributed by atoms with Crippen LogP contribution in [0.25, 0.3) is 11.1 Å². The predicted molar refractivity (Wildman–Crippen MR) is 133 cm³/mol. The summed E-state index contributed by atoms with van der Waals surface area (Å²) < 4.78 is 43.1. The molecule has 6 nitrogen and oxygen atoms in total. The lowest BCUT2D eigenvalue weighted by atomic mass is 9.83. The van der Waals surface area contributed by atoms with Crippen molar-refractivity contribution in [2.75, 3.05) is 13.1 Å². The lowest BCUT2D eigenvalue weighted by molar-refractivity contribution is -0.141. The van der Waals surface area contributed by atoms with Crippen LogP contribution in [0.5, 0.6) is 0 Å². The van der Waals surface area contributed by atoms with Gasteiger partial charge in [0.25, 0.3) is 5.91 Å². The van der Waals surface area contributed by atoms with Crippen LogP contribution in [0.3, 0.4) is 0 Å². The summed E-state index contributed by atoms with van der Waals surface area (Å²) in [6, 6.07) is 10.9. The fourth-order valence-corrected chi connectivity index (χ4v) is 6.00. The minimum absolute atomic E-state index is 0.00205. The van der Waals surface area contributed by atoms with Crippen LogP contribution in [0.2, 0.25) is 0 Å². The molecule has 5 rings (SSSR count). The van der Waals surface area contributed by atoms with Gasteiger partial charge in [-0.1, -0.05) is 30.2 Å². The highest BCUT2D eigenvalue weighted by molar-refractivity contribution is 7.12. The van der Waals surface area contributed by atoms with Gasteiger partial charge in [-0.3, -0.25) is 9.48 Å². The highest BCUT2D eigenvalue weighted by Gasteiger charge is 2.39. The molecule has 2 atom stereocenters. The van der Waals surface area contributed by atoms with Crippen molar-refractivity contribution in [3.8, 4) is 29.0 Å². The number of hydrogen-bond donors (Lipinski definition) is 1. The van der Waals surface area contributed by atoms with Crippen molar-refractivity contribution in [1.82, 2.24) is 20.0 Å². The minimum Gasteiger partial charge on any atom is -0.326 e. The maximum Gasteiger partial charge on any atom is 0.435 e. The van der Waals surface area contributed by atoms with E-state index in [1.165, 1.54) is 22.2 Å². The summed E-state index contributed by atoms with van der Waals surface area (Å²) in [5.41, 5.74) is 0.974. The number of thiophene rings is 1. The molecule has 0 spiro atoms. The van der Waals surface area contributed by atoms with Crippen molar-refractivity contribution >= 4 is 17.2 Å². The van der Waals surface area contributed by atoms with E-state index in [-0.39, 0.29) is 24.1 Å². The number of carbonyl (C=O) groups excluding carboxylic acids is 1. The smallest absolute Gasteiger partial charge is 0.326 e. The maximum atomic E-state index is 13.9. The van der Waals surface area contributed by atoms with Gasteiger partial charge in [0.15, 0.2) is 5.69 Å². The number of fused-ring (bicyclic) bond motifs is 1. The highest BCUT2D eigenvalue weighted by atomic mass is 32.1. The van der Waals surface area contributed by atoms with Crippen LogP contribution in [0, 0.1) is 23.2 Å². The largest absolute Gasteiger partial charge is 0.435 e. The summed E-state index contributed by atoms with van der Waals surface area (Å²) in [6.07, 6.45) is -1.30. The Bertz CT molecular complexity index is 1430. The Morgan fingerprint density at radius 3 is 2.78 bits per heavy atom. The van der Waals surface area contributed by atoms with E-state index in [1.807, 2.05) is 0 Å². The molecule has 2 aliphatic rings. The highest BCUT2D eigenvalue weighted by Crippen LogP contribution is 2.44. The molecule has 1 saturated heterocycles. The first-order chi connectivity index (χ1) is 17.8. The molecular formula is C27H24F3N5OS. The molecular weight excluding hydrogens is 499 g/mol. The number of rotatable bonds is 3. The van der Waals surface area contributed by atoms with Gasteiger partial charge in [0, 0.05) is 35.6 Å². The van der Waals surface area contributed by atoms with Gasteiger partial charge in [0.2, 0.25) is 0 Å². The Hall–Kier alpha value is -3.60. The molecule has 1 fully saturated rings. The number of benzene rings is 1. The monoisotopic (exact) mass is 523 g/mol. The summed E-state index contributed by atoms with van der Waals surface area (Å²) in [6.45, 7) is 3.47. The van der Waals surface area contributed by atoms with Crippen molar-refractivity contribution in [2.24, 2.45) is 0 Å². The third kappa shape index (κ3) is 5.00. The van der Waals surface area contributed by atoms with Gasteiger partial charge in [0.1, 0.15) is 10.9 Å². The Labute approximate surface area is 216 Å². The molecule has 2 aliphatic heterocycles. The second-order valence-corrected chi connectivity index (χ2v) is 10.2. The average Bonchev–Trinajstić information content (AvgIpc) is 3.65. The zero-order valence-electron chi connectivity index (χ0n) is 20.1. The summed E-state index contributed by atoms with van der Waals surface area (Å²) in [5.74, 6) is 5.02. The molecule has 3 aromatic rings. The molecule has 2 aromatic heterocycles.